The highest BCUT2D eigenvalue weighted by molar-refractivity contribution is 6.08. The van der Waals surface area contributed by atoms with Crippen LogP contribution in [0, 0.1) is 0 Å². The lowest BCUT2D eigenvalue weighted by molar-refractivity contribution is 0.163. The molecule has 160 valence electrons. The van der Waals surface area contributed by atoms with Crippen LogP contribution in [0.2, 0.25) is 0 Å². The summed E-state index contributed by atoms with van der Waals surface area (Å²) in [5, 5.41) is 6.32. The molecule has 1 fully saturated rings. The Kier molecular flexibility index (Phi) is 9.29. The molecule has 0 aliphatic carbocycles. The standard InChI is InChI=1S/C24H33N3.2ClH/c1-3-5-6-10-22(26-16-14-25-15-17-26)19-12-13-24-21(18-19)20-9-7-8-11-23(20)27(24)4-2;;/h7-9,11-13,18,22,25H,3-6,10,14-17H2,1-2H3;2*1H/t22-;;/m1../s1. The summed E-state index contributed by atoms with van der Waals surface area (Å²) in [7, 11) is 0. The molecule has 1 aromatic heterocycles. The van der Waals surface area contributed by atoms with Crippen molar-refractivity contribution >= 4 is 46.6 Å². The fourth-order valence-electron chi connectivity index (χ4n) is 4.76. The number of aromatic nitrogens is 1. The highest BCUT2D eigenvalue weighted by Gasteiger charge is 2.22. The van der Waals surface area contributed by atoms with Crippen molar-refractivity contribution in [2.75, 3.05) is 26.2 Å². The second-order valence-corrected chi connectivity index (χ2v) is 7.84. The average molecular weight is 436 g/mol. The zero-order valence-corrected chi connectivity index (χ0v) is 19.3. The highest BCUT2D eigenvalue weighted by atomic mass is 35.5. The van der Waals surface area contributed by atoms with Crippen molar-refractivity contribution in [1.29, 1.82) is 0 Å². The number of hydrogen-bond acceptors (Lipinski definition) is 2. The summed E-state index contributed by atoms with van der Waals surface area (Å²) in [6.07, 6.45) is 5.21. The maximum absolute atomic E-state index is 3.51. The fraction of sp³-hybridized carbons (Fsp3) is 0.500. The topological polar surface area (TPSA) is 20.2 Å². The van der Waals surface area contributed by atoms with Gasteiger partial charge in [0, 0.05) is 60.6 Å². The van der Waals surface area contributed by atoms with E-state index in [1.807, 2.05) is 0 Å². The molecule has 0 amide bonds. The Morgan fingerprint density at radius 3 is 2.34 bits per heavy atom. The molecule has 0 unspecified atom stereocenters. The van der Waals surface area contributed by atoms with Crippen LogP contribution in [0.1, 0.15) is 51.1 Å². The first-order chi connectivity index (χ1) is 13.3. The van der Waals surface area contributed by atoms with Gasteiger partial charge in [-0.15, -0.1) is 24.8 Å². The van der Waals surface area contributed by atoms with Crippen LogP contribution in [0.4, 0.5) is 0 Å². The van der Waals surface area contributed by atoms with Crippen LogP contribution in [0.5, 0.6) is 0 Å². The summed E-state index contributed by atoms with van der Waals surface area (Å²) in [6, 6.07) is 16.7. The van der Waals surface area contributed by atoms with E-state index in [0.717, 1.165) is 32.7 Å². The highest BCUT2D eigenvalue weighted by Crippen LogP contribution is 2.34. The van der Waals surface area contributed by atoms with Gasteiger partial charge in [-0.3, -0.25) is 4.90 Å². The van der Waals surface area contributed by atoms with Gasteiger partial charge in [-0.25, -0.2) is 0 Å². The number of halogens is 2. The normalized spacial score (nSPS) is 15.8. The van der Waals surface area contributed by atoms with Crippen molar-refractivity contribution in [3.05, 3.63) is 48.0 Å². The van der Waals surface area contributed by atoms with Gasteiger partial charge in [0.25, 0.3) is 0 Å². The number of unbranched alkanes of at least 4 members (excludes halogenated alkanes) is 2. The molecule has 0 bridgehead atoms. The Bertz CT molecular complexity index is 900. The van der Waals surface area contributed by atoms with Gasteiger partial charge in [-0.1, -0.05) is 50.5 Å². The number of para-hydroxylation sites is 1. The molecule has 2 aromatic carbocycles. The Morgan fingerprint density at radius 1 is 0.897 bits per heavy atom. The van der Waals surface area contributed by atoms with E-state index in [0.29, 0.717) is 6.04 Å². The summed E-state index contributed by atoms with van der Waals surface area (Å²) in [5.41, 5.74) is 4.23. The van der Waals surface area contributed by atoms with Crippen molar-refractivity contribution in [1.82, 2.24) is 14.8 Å². The Morgan fingerprint density at radius 2 is 1.62 bits per heavy atom. The van der Waals surface area contributed by atoms with Crippen molar-refractivity contribution in [3.63, 3.8) is 0 Å². The number of hydrogen-bond donors (Lipinski definition) is 1. The summed E-state index contributed by atoms with van der Waals surface area (Å²) < 4.78 is 2.45. The number of piperazine rings is 1. The number of fused-ring (bicyclic) bond motifs is 3. The van der Waals surface area contributed by atoms with E-state index in [9.17, 15) is 0 Å². The first-order valence-electron chi connectivity index (χ1n) is 10.8. The van der Waals surface area contributed by atoms with Crippen molar-refractivity contribution < 1.29 is 0 Å². The smallest absolute Gasteiger partial charge is 0.0491 e. The maximum Gasteiger partial charge on any atom is 0.0491 e. The van der Waals surface area contributed by atoms with E-state index in [1.54, 1.807) is 0 Å². The predicted molar refractivity (Wildman–Crippen MR) is 131 cm³/mol. The molecule has 2 heterocycles. The van der Waals surface area contributed by atoms with Gasteiger partial charge < -0.3 is 9.88 Å². The second kappa shape index (κ2) is 11.2. The first kappa shape index (κ1) is 24.0. The van der Waals surface area contributed by atoms with Crippen LogP contribution in [0.15, 0.2) is 42.5 Å². The molecule has 0 spiro atoms. The molecule has 3 aromatic rings. The molecule has 0 radical (unpaired) electrons. The lowest BCUT2D eigenvalue weighted by Gasteiger charge is -2.35. The molecular weight excluding hydrogens is 401 g/mol. The van der Waals surface area contributed by atoms with E-state index >= 15 is 0 Å². The number of benzene rings is 2. The van der Waals surface area contributed by atoms with Gasteiger partial charge in [-0.05, 0) is 37.1 Å². The van der Waals surface area contributed by atoms with E-state index in [-0.39, 0.29) is 24.8 Å². The van der Waals surface area contributed by atoms with Gasteiger partial charge in [0.2, 0.25) is 0 Å². The summed E-state index contributed by atoms with van der Waals surface area (Å²) in [6.45, 7) is 10.1. The number of nitrogens with zero attached hydrogens (tertiary/aromatic N) is 2. The van der Waals surface area contributed by atoms with Gasteiger partial charge in [-0.2, -0.15) is 0 Å². The first-order valence-corrected chi connectivity index (χ1v) is 10.8. The minimum Gasteiger partial charge on any atom is -0.341 e. The molecule has 4 rings (SSSR count). The average Bonchev–Trinajstić information content (AvgIpc) is 3.05. The molecule has 5 heteroatoms. The van der Waals surface area contributed by atoms with Crippen LogP contribution in [-0.4, -0.2) is 35.6 Å². The third-order valence-corrected chi connectivity index (χ3v) is 6.17. The van der Waals surface area contributed by atoms with E-state index < -0.39 is 0 Å². The Balaban J connectivity index is 0.00000150. The van der Waals surface area contributed by atoms with Crippen LogP contribution in [0.25, 0.3) is 21.8 Å². The monoisotopic (exact) mass is 435 g/mol. The molecule has 1 aliphatic heterocycles. The molecule has 0 saturated carbocycles. The summed E-state index contributed by atoms with van der Waals surface area (Å²) in [4.78, 5) is 2.70. The van der Waals surface area contributed by atoms with Gasteiger partial charge >= 0.3 is 0 Å². The van der Waals surface area contributed by atoms with Crippen molar-refractivity contribution in [3.8, 4) is 0 Å². The van der Waals surface area contributed by atoms with Crippen LogP contribution < -0.4 is 5.32 Å². The van der Waals surface area contributed by atoms with Crippen LogP contribution in [-0.2, 0) is 6.54 Å². The largest absolute Gasteiger partial charge is 0.341 e. The number of nitrogens with one attached hydrogen (secondary N) is 1. The van der Waals surface area contributed by atoms with Crippen molar-refractivity contribution in [2.45, 2.75) is 52.1 Å². The lowest BCUT2D eigenvalue weighted by Crippen LogP contribution is -2.45. The Hall–Kier alpha value is -1.26. The van der Waals surface area contributed by atoms with Gasteiger partial charge in [0.1, 0.15) is 0 Å². The molecule has 1 aliphatic rings. The summed E-state index contributed by atoms with van der Waals surface area (Å²) in [5.74, 6) is 0. The third kappa shape index (κ3) is 4.91. The SMILES string of the molecule is CCCCC[C@H](c1ccc2c(c1)c1ccccc1n2CC)N1CCNCC1.Cl.Cl. The van der Waals surface area contributed by atoms with Crippen LogP contribution >= 0.6 is 24.8 Å². The summed E-state index contributed by atoms with van der Waals surface area (Å²) >= 11 is 0. The van der Waals surface area contributed by atoms with Crippen molar-refractivity contribution in [2.24, 2.45) is 0 Å². The molecular formula is C24H35Cl2N3. The van der Waals surface area contributed by atoms with Crippen LogP contribution in [0.3, 0.4) is 0 Å². The molecule has 3 nitrogen and oxygen atoms in total. The minimum atomic E-state index is 0. The lowest BCUT2D eigenvalue weighted by atomic mass is 9.96. The van der Waals surface area contributed by atoms with E-state index in [4.69, 9.17) is 0 Å². The minimum absolute atomic E-state index is 0. The molecule has 1 atom stereocenters. The molecule has 29 heavy (non-hydrogen) atoms. The number of aryl methyl sites for hydroxylation is 1. The van der Waals surface area contributed by atoms with Gasteiger partial charge in [0.05, 0.1) is 0 Å². The third-order valence-electron chi connectivity index (χ3n) is 6.17. The second-order valence-electron chi connectivity index (χ2n) is 7.84. The zero-order valence-electron chi connectivity index (χ0n) is 17.7. The van der Waals surface area contributed by atoms with E-state index in [1.165, 1.54) is 53.1 Å². The maximum atomic E-state index is 3.51. The molecule has 1 N–H and O–H groups in total. The zero-order chi connectivity index (χ0) is 18.6. The fourth-order valence-corrected chi connectivity index (χ4v) is 4.76. The predicted octanol–water partition coefficient (Wildman–Crippen LogP) is 6.18. The molecule has 1 saturated heterocycles. The van der Waals surface area contributed by atoms with E-state index in [2.05, 4.69) is 71.1 Å². The Labute approximate surface area is 187 Å². The quantitative estimate of drug-likeness (QED) is 0.446. The number of rotatable bonds is 7. The van der Waals surface area contributed by atoms with Gasteiger partial charge in [0.15, 0.2) is 0 Å².